The van der Waals surface area contributed by atoms with Crippen LogP contribution in [0.4, 0.5) is 0 Å². The fourth-order valence-electron chi connectivity index (χ4n) is 3.79. The first-order valence-corrected chi connectivity index (χ1v) is 13.3. The van der Waals surface area contributed by atoms with Crippen molar-refractivity contribution in [1.82, 2.24) is 10.2 Å². The van der Waals surface area contributed by atoms with Crippen LogP contribution in [0.15, 0.2) is 48.5 Å². The summed E-state index contributed by atoms with van der Waals surface area (Å²) in [5, 5.41) is 10.8. The van der Waals surface area contributed by atoms with Crippen LogP contribution in [0.2, 0.25) is 0 Å². The number of benzene rings is 2. The summed E-state index contributed by atoms with van der Waals surface area (Å²) in [6, 6.07) is 17.1. The third-order valence-electron chi connectivity index (χ3n) is 5.81. The first-order valence-electron chi connectivity index (χ1n) is 12.5. The maximum absolute atomic E-state index is 5.88. The predicted octanol–water partition coefficient (Wildman–Crippen LogP) is 8.73. The molecule has 3 nitrogen and oxygen atoms in total. The Labute approximate surface area is 198 Å². The van der Waals surface area contributed by atoms with Crippen LogP contribution in [-0.4, -0.2) is 16.8 Å². The minimum atomic E-state index is 0.792. The highest BCUT2D eigenvalue weighted by Crippen LogP contribution is 2.31. The Bertz CT molecular complexity index is 887. The van der Waals surface area contributed by atoms with Crippen LogP contribution in [0.5, 0.6) is 5.75 Å². The van der Waals surface area contributed by atoms with E-state index in [4.69, 9.17) is 4.74 Å². The van der Waals surface area contributed by atoms with Crippen molar-refractivity contribution in [2.24, 2.45) is 0 Å². The highest BCUT2D eigenvalue weighted by Gasteiger charge is 2.09. The average molecular weight is 451 g/mol. The smallest absolute Gasteiger partial charge is 0.148 e. The van der Waals surface area contributed by atoms with Crippen LogP contribution in [0.1, 0.15) is 83.6 Å². The van der Waals surface area contributed by atoms with Gasteiger partial charge in [0.25, 0.3) is 0 Å². The zero-order valence-corrected chi connectivity index (χ0v) is 20.6. The van der Waals surface area contributed by atoms with E-state index in [1.54, 1.807) is 11.3 Å². The molecule has 1 aromatic heterocycles. The highest BCUT2D eigenvalue weighted by atomic mass is 32.1. The fourth-order valence-corrected chi connectivity index (χ4v) is 4.65. The van der Waals surface area contributed by atoms with Crippen molar-refractivity contribution in [3.05, 3.63) is 54.1 Å². The highest BCUT2D eigenvalue weighted by molar-refractivity contribution is 7.17. The van der Waals surface area contributed by atoms with Crippen LogP contribution in [-0.2, 0) is 6.42 Å². The Kier molecular flexibility index (Phi) is 10.7. The first-order chi connectivity index (χ1) is 15.8. The van der Waals surface area contributed by atoms with Crippen molar-refractivity contribution >= 4 is 11.3 Å². The van der Waals surface area contributed by atoms with E-state index in [9.17, 15) is 0 Å². The molecule has 0 atom stereocenters. The molecule has 0 amide bonds. The van der Waals surface area contributed by atoms with Gasteiger partial charge in [-0.15, -0.1) is 10.2 Å². The van der Waals surface area contributed by atoms with E-state index in [2.05, 4.69) is 60.4 Å². The molecule has 0 spiro atoms. The lowest BCUT2D eigenvalue weighted by Gasteiger charge is -2.06. The molecule has 0 aliphatic heterocycles. The van der Waals surface area contributed by atoms with Gasteiger partial charge in [0.15, 0.2) is 0 Å². The Morgan fingerprint density at radius 3 is 1.75 bits per heavy atom. The van der Waals surface area contributed by atoms with Gasteiger partial charge in [-0.25, -0.2) is 0 Å². The van der Waals surface area contributed by atoms with Gasteiger partial charge in [0.05, 0.1) is 6.61 Å². The van der Waals surface area contributed by atoms with Gasteiger partial charge in [-0.05, 0) is 49.1 Å². The number of nitrogens with zero attached hydrogens (tertiary/aromatic N) is 2. The van der Waals surface area contributed by atoms with Gasteiger partial charge >= 0.3 is 0 Å². The lowest BCUT2D eigenvalue weighted by atomic mass is 10.0. The fraction of sp³-hybridized carbons (Fsp3) is 0.500. The summed E-state index contributed by atoms with van der Waals surface area (Å²) in [6.07, 6.45) is 14.1. The molecular formula is C28H38N2OS. The summed E-state index contributed by atoms with van der Waals surface area (Å²) in [4.78, 5) is 0. The quantitative estimate of drug-likeness (QED) is 0.217. The third kappa shape index (κ3) is 8.05. The second-order valence-corrected chi connectivity index (χ2v) is 9.54. The standard InChI is InChI=1S/C28H38N2OS/c1-3-5-7-9-11-13-23-14-16-24(17-15-23)27-29-30-28(32-27)25-18-20-26(21-19-25)31-22-12-10-8-6-4-2/h14-21H,3-13,22H2,1-2H3. The van der Waals surface area contributed by atoms with E-state index >= 15 is 0 Å². The van der Waals surface area contributed by atoms with E-state index in [1.807, 2.05) is 12.1 Å². The molecule has 0 bridgehead atoms. The van der Waals surface area contributed by atoms with E-state index in [1.165, 1.54) is 69.8 Å². The summed E-state index contributed by atoms with van der Waals surface area (Å²) in [6.45, 7) is 5.30. The number of aromatic nitrogens is 2. The normalized spacial score (nSPS) is 11.1. The second-order valence-electron chi connectivity index (χ2n) is 8.56. The summed E-state index contributed by atoms with van der Waals surface area (Å²) in [7, 11) is 0. The van der Waals surface area contributed by atoms with Crippen LogP contribution in [0.3, 0.4) is 0 Å². The second kappa shape index (κ2) is 14.1. The van der Waals surface area contributed by atoms with Crippen LogP contribution < -0.4 is 4.74 Å². The largest absolute Gasteiger partial charge is 0.494 e. The average Bonchev–Trinajstić information content (AvgIpc) is 3.32. The lowest BCUT2D eigenvalue weighted by molar-refractivity contribution is 0.304. The van der Waals surface area contributed by atoms with Crippen LogP contribution in [0.25, 0.3) is 21.1 Å². The van der Waals surface area contributed by atoms with Gasteiger partial charge in [0.2, 0.25) is 0 Å². The van der Waals surface area contributed by atoms with E-state index in [0.717, 1.165) is 39.9 Å². The Morgan fingerprint density at radius 2 is 1.16 bits per heavy atom. The molecule has 1 heterocycles. The van der Waals surface area contributed by atoms with Crippen molar-refractivity contribution in [2.75, 3.05) is 6.61 Å². The number of hydrogen-bond acceptors (Lipinski definition) is 4. The molecule has 0 unspecified atom stereocenters. The molecule has 32 heavy (non-hydrogen) atoms. The SMILES string of the molecule is CCCCCCCOc1ccc(-c2nnc(-c3ccc(CCCCCCC)cc3)s2)cc1. The maximum Gasteiger partial charge on any atom is 0.148 e. The maximum atomic E-state index is 5.88. The van der Waals surface area contributed by atoms with Gasteiger partial charge in [-0.3, -0.25) is 0 Å². The summed E-state index contributed by atoms with van der Waals surface area (Å²) >= 11 is 1.64. The first kappa shape index (κ1) is 24.4. The molecule has 0 N–H and O–H groups in total. The predicted molar refractivity (Wildman–Crippen MR) is 137 cm³/mol. The number of hydrogen-bond donors (Lipinski definition) is 0. The van der Waals surface area contributed by atoms with Crippen molar-refractivity contribution in [3.63, 3.8) is 0 Å². The third-order valence-corrected chi connectivity index (χ3v) is 6.83. The molecule has 0 saturated carbocycles. The molecule has 4 heteroatoms. The summed E-state index contributed by atoms with van der Waals surface area (Å²) in [5.74, 6) is 0.930. The molecule has 172 valence electrons. The molecular weight excluding hydrogens is 412 g/mol. The minimum absolute atomic E-state index is 0.792. The van der Waals surface area contributed by atoms with Crippen molar-refractivity contribution in [1.29, 1.82) is 0 Å². The van der Waals surface area contributed by atoms with Gasteiger partial charge < -0.3 is 4.74 Å². The van der Waals surface area contributed by atoms with Gasteiger partial charge in [-0.1, -0.05) is 101 Å². The van der Waals surface area contributed by atoms with Crippen molar-refractivity contribution in [2.45, 2.75) is 84.5 Å². The van der Waals surface area contributed by atoms with Crippen molar-refractivity contribution < 1.29 is 4.74 Å². The number of unbranched alkanes of at least 4 members (excludes halogenated alkanes) is 8. The van der Waals surface area contributed by atoms with Gasteiger partial charge in [0.1, 0.15) is 15.8 Å². The monoisotopic (exact) mass is 450 g/mol. The Balaban J connectivity index is 1.48. The van der Waals surface area contributed by atoms with Gasteiger partial charge in [-0.2, -0.15) is 0 Å². The van der Waals surface area contributed by atoms with E-state index in [0.29, 0.717) is 0 Å². The topological polar surface area (TPSA) is 35.0 Å². The zero-order valence-electron chi connectivity index (χ0n) is 19.8. The molecule has 2 aromatic carbocycles. The lowest BCUT2D eigenvalue weighted by Crippen LogP contribution is -1.97. The van der Waals surface area contributed by atoms with Gasteiger partial charge in [0, 0.05) is 11.1 Å². The molecule has 3 aromatic rings. The molecule has 0 aliphatic rings. The molecule has 0 saturated heterocycles. The number of ether oxygens (including phenoxy) is 1. The molecule has 0 fully saturated rings. The number of aryl methyl sites for hydroxylation is 1. The van der Waals surface area contributed by atoms with E-state index < -0.39 is 0 Å². The van der Waals surface area contributed by atoms with Crippen LogP contribution >= 0.6 is 11.3 Å². The zero-order chi connectivity index (χ0) is 22.4. The Hall–Kier alpha value is -2.20. The summed E-state index contributed by atoms with van der Waals surface area (Å²) < 4.78 is 5.88. The van der Waals surface area contributed by atoms with E-state index in [-0.39, 0.29) is 0 Å². The molecule has 0 radical (unpaired) electrons. The molecule has 0 aliphatic carbocycles. The Morgan fingerprint density at radius 1 is 0.625 bits per heavy atom. The summed E-state index contributed by atoms with van der Waals surface area (Å²) in [5.41, 5.74) is 3.65. The number of rotatable bonds is 15. The molecule has 3 rings (SSSR count). The van der Waals surface area contributed by atoms with Crippen LogP contribution in [0, 0.1) is 0 Å². The minimum Gasteiger partial charge on any atom is -0.494 e. The van der Waals surface area contributed by atoms with Crippen molar-refractivity contribution in [3.8, 4) is 26.9 Å².